The van der Waals surface area contributed by atoms with Crippen molar-refractivity contribution >= 4 is 6.09 Å². The number of amides is 1. The molecule has 0 bridgehead atoms. The number of para-hydroxylation sites is 1. The highest BCUT2D eigenvalue weighted by Gasteiger charge is 2.31. The summed E-state index contributed by atoms with van der Waals surface area (Å²) in [4.78, 5) is 37.1. The van der Waals surface area contributed by atoms with Gasteiger partial charge in [0.25, 0.3) is 5.56 Å². The minimum Gasteiger partial charge on any atom is -0.444 e. The Morgan fingerprint density at radius 1 is 1.00 bits per heavy atom. The Bertz CT molecular complexity index is 1550. The van der Waals surface area contributed by atoms with E-state index in [1.54, 1.807) is 50.8 Å². The summed E-state index contributed by atoms with van der Waals surface area (Å²) in [5, 5.41) is 0. The topological polar surface area (TPSA) is 91.5 Å². The van der Waals surface area contributed by atoms with Crippen LogP contribution in [0.3, 0.4) is 0 Å². The predicted octanol–water partition coefficient (Wildman–Crippen LogP) is 5.81. The molecule has 5 rings (SSSR count). The van der Waals surface area contributed by atoms with E-state index in [4.69, 9.17) is 9.47 Å². The summed E-state index contributed by atoms with van der Waals surface area (Å²) in [6, 6.07) is 16.7. The van der Waals surface area contributed by atoms with Gasteiger partial charge in [-0.15, -0.1) is 0 Å². The van der Waals surface area contributed by atoms with E-state index in [1.165, 1.54) is 12.1 Å². The molecule has 0 spiro atoms. The molecule has 1 amide bonds. The second-order valence-corrected chi connectivity index (χ2v) is 10.7. The number of carbonyl (C=O) groups excluding carboxylic acids is 1. The van der Waals surface area contributed by atoms with Gasteiger partial charge in [0.1, 0.15) is 17.2 Å². The maximum absolute atomic E-state index is 14.0. The Balaban J connectivity index is 1.52. The third kappa shape index (κ3) is 5.75. The number of halogens is 1. The molecule has 1 aliphatic heterocycles. The monoisotopic (exact) mass is 545 g/mol. The quantitative estimate of drug-likeness (QED) is 0.314. The van der Waals surface area contributed by atoms with Gasteiger partial charge >= 0.3 is 12.1 Å². The SMILES string of the molecule is Cn1c(-c2ccnc(Oc3ccccc3)n2)c(-c2ccc(F)cc2)c(=O)n1C1CCN(C(=O)OC(C)(C)C)CC1. The molecule has 0 atom stereocenters. The average Bonchev–Trinajstić information content (AvgIpc) is 3.18. The molecule has 0 unspecified atom stereocenters. The molecule has 1 aliphatic rings. The van der Waals surface area contributed by atoms with E-state index < -0.39 is 11.4 Å². The van der Waals surface area contributed by atoms with Gasteiger partial charge in [-0.25, -0.2) is 18.9 Å². The number of aromatic nitrogens is 4. The van der Waals surface area contributed by atoms with Crippen molar-refractivity contribution in [1.29, 1.82) is 0 Å². The number of rotatable bonds is 5. The Morgan fingerprint density at radius 3 is 2.33 bits per heavy atom. The number of hydrogen-bond donors (Lipinski definition) is 0. The van der Waals surface area contributed by atoms with Gasteiger partial charge in [0.2, 0.25) is 0 Å². The lowest BCUT2D eigenvalue weighted by atomic mass is 10.0. The molecule has 3 heterocycles. The minimum absolute atomic E-state index is 0.139. The van der Waals surface area contributed by atoms with Crippen LogP contribution >= 0.6 is 0 Å². The van der Waals surface area contributed by atoms with Crippen LogP contribution in [0, 0.1) is 5.82 Å². The maximum Gasteiger partial charge on any atom is 0.410 e. The number of carbonyl (C=O) groups is 1. The normalized spacial score (nSPS) is 14.3. The van der Waals surface area contributed by atoms with Gasteiger partial charge in [0.15, 0.2) is 0 Å². The molecule has 10 heteroatoms. The van der Waals surface area contributed by atoms with E-state index in [0.717, 1.165) is 0 Å². The molecular weight excluding hydrogens is 513 g/mol. The summed E-state index contributed by atoms with van der Waals surface area (Å²) >= 11 is 0. The van der Waals surface area contributed by atoms with Crippen molar-refractivity contribution in [3.05, 3.63) is 83.0 Å². The van der Waals surface area contributed by atoms with Crippen molar-refractivity contribution in [3.8, 4) is 34.3 Å². The average molecular weight is 546 g/mol. The summed E-state index contributed by atoms with van der Waals surface area (Å²) in [5.74, 6) is 0.193. The Labute approximate surface area is 231 Å². The van der Waals surface area contributed by atoms with Crippen molar-refractivity contribution < 1.29 is 18.7 Å². The number of likely N-dealkylation sites (tertiary alicyclic amines) is 1. The number of nitrogens with zero attached hydrogens (tertiary/aromatic N) is 5. The first-order chi connectivity index (χ1) is 19.1. The van der Waals surface area contributed by atoms with E-state index in [1.807, 2.05) is 46.0 Å². The van der Waals surface area contributed by atoms with Crippen LogP contribution in [0.25, 0.3) is 22.5 Å². The Morgan fingerprint density at radius 2 is 1.68 bits per heavy atom. The fourth-order valence-corrected chi connectivity index (χ4v) is 4.94. The van der Waals surface area contributed by atoms with Crippen LogP contribution in [-0.4, -0.2) is 49.0 Å². The highest BCUT2D eigenvalue weighted by Crippen LogP contribution is 2.33. The molecule has 0 radical (unpaired) electrons. The van der Waals surface area contributed by atoms with Gasteiger partial charge < -0.3 is 14.4 Å². The van der Waals surface area contributed by atoms with Crippen molar-refractivity contribution in [1.82, 2.24) is 24.2 Å². The number of ether oxygens (including phenoxy) is 2. The number of hydrogen-bond acceptors (Lipinski definition) is 6. The first-order valence-electron chi connectivity index (χ1n) is 13.2. The van der Waals surface area contributed by atoms with Crippen molar-refractivity contribution in [2.24, 2.45) is 7.05 Å². The molecule has 0 saturated carbocycles. The van der Waals surface area contributed by atoms with E-state index in [0.29, 0.717) is 54.2 Å². The van der Waals surface area contributed by atoms with Crippen LogP contribution in [0.1, 0.15) is 39.7 Å². The van der Waals surface area contributed by atoms with Gasteiger partial charge in [-0.3, -0.25) is 9.48 Å². The second kappa shape index (κ2) is 11.0. The van der Waals surface area contributed by atoms with Gasteiger partial charge in [-0.05, 0) is 69.5 Å². The Hall–Kier alpha value is -4.47. The molecule has 4 aromatic rings. The lowest BCUT2D eigenvalue weighted by molar-refractivity contribution is 0.0180. The van der Waals surface area contributed by atoms with Crippen LogP contribution in [0.15, 0.2) is 71.7 Å². The van der Waals surface area contributed by atoms with Crippen LogP contribution in [0.5, 0.6) is 11.8 Å². The predicted molar refractivity (Wildman–Crippen MR) is 149 cm³/mol. The van der Waals surface area contributed by atoms with Gasteiger partial charge in [-0.1, -0.05) is 30.3 Å². The standard InChI is InChI=1S/C30H32FN5O4/c1-30(2,3)40-29(38)35-18-15-22(16-19-35)36-27(37)25(20-10-12-21(31)13-11-20)26(34(36)4)24-14-17-32-28(33-24)39-23-8-6-5-7-9-23/h5-14,17,22H,15-16,18-19H2,1-4H3. The van der Waals surface area contributed by atoms with E-state index in [2.05, 4.69) is 9.97 Å². The van der Waals surface area contributed by atoms with Crippen molar-refractivity contribution in [3.63, 3.8) is 0 Å². The zero-order valence-electron chi connectivity index (χ0n) is 23.0. The zero-order valence-corrected chi connectivity index (χ0v) is 23.0. The summed E-state index contributed by atoms with van der Waals surface area (Å²) in [6.07, 6.45) is 2.37. The second-order valence-electron chi connectivity index (χ2n) is 10.7. The van der Waals surface area contributed by atoms with Crippen molar-refractivity contribution in [2.75, 3.05) is 13.1 Å². The molecule has 1 fully saturated rings. The fourth-order valence-electron chi connectivity index (χ4n) is 4.94. The maximum atomic E-state index is 14.0. The van der Waals surface area contributed by atoms with Gasteiger partial charge in [0, 0.05) is 26.3 Å². The molecule has 2 aromatic heterocycles. The number of piperidine rings is 1. The molecule has 2 aromatic carbocycles. The summed E-state index contributed by atoms with van der Waals surface area (Å²) in [7, 11) is 1.81. The molecule has 40 heavy (non-hydrogen) atoms. The van der Waals surface area contributed by atoms with Gasteiger partial charge in [0.05, 0.1) is 23.0 Å². The number of benzene rings is 2. The smallest absolute Gasteiger partial charge is 0.410 e. The summed E-state index contributed by atoms with van der Waals surface area (Å²) in [6.45, 7) is 6.43. The third-order valence-corrected chi connectivity index (χ3v) is 6.73. The van der Waals surface area contributed by atoms with Gasteiger partial charge in [-0.2, -0.15) is 4.98 Å². The summed E-state index contributed by atoms with van der Waals surface area (Å²) in [5.41, 5.74) is 1.23. The lowest BCUT2D eigenvalue weighted by Crippen LogP contribution is -2.43. The van der Waals surface area contributed by atoms with E-state index in [-0.39, 0.29) is 23.7 Å². The van der Waals surface area contributed by atoms with E-state index in [9.17, 15) is 14.0 Å². The minimum atomic E-state index is -0.581. The highest BCUT2D eigenvalue weighted by molar-refractivity contribution is 5.79. The molecule has 1 saturated heterocycles. The molecule has 9 nitrogen and oxygen atoms in total. The van der Waals surface area contributed by atoms with Crippen LogP contribution in [-0.2, 0) is 11.8 Å². The molecular formula is C30H32FN5O4. The molecule has 0 aliphatic carbocycles. The molecule has 0 N–H and O–H groups in total. The van der Waals surface area contributed by atoms with Crippen LogP contribution in [0.4, 0.5) is 9.18 Å². The summed E-state index contributed by atoms with van der Waals surface area (Å²) < 4.78 is 28.7. The highest BCUT2D eigenvalue weighted by atomic mass is 19.1. The lowest BCUT2D eigenvalue weighted by Gasteiger charge is -2.34. The molecule has 208 valence electrons. The van der Waals surface area contributed by atoms with Crippen LogP contribution < -0.4 is 10.3 Å². The first-order valence-corrected chi connectivity index (χ1v) is 13.2. The fraction of sp³-hybridized carbons (Fsp3) is 0.333. The third-order valence-electron chi connectivity index (χ3n) is 6.73. The van der Waals surface area contributed by atoms with E-state index >= 15 is 0 Å². The van der Waals surface area contributed by atoms with Crippen molar-refractivity contribution in [2.45, 2.75) is 45.3 Å². The Kier molecular flexibility index (Phi) is 7.42. The first kappa shape index (κ1) is 27.1. The largest absolute Gasteiger partial charge is 0.444 e. The van der Waals surface area contributed by atoms with Crippen LogP contribution in [0.2, 0.25) is 0 Å². The zero-order chi connectivity index (χ0) is 28.4.